The Morgan fingerprint density at radius 3 is 2.18 bits per heavy atom. The molecule has 120 valence electrons. The van der Waals surface area contributed by atoms with Gasteiger partial charge in [0.05, 0.1) is 0 Å². The van der Waals surface area contributed by atoms with E-state index in [0.29, 0.717) is 17.6 Å². The van der Waals surface area contributed by atoms with Crippen molar-refractivity contribution < 1.29 is 9.90 Å². The Morgan fingerprint density at radius 1 is 0.955 bits per heavy atom. The molecular formula is C18H26N2O2. The van der Waals surface area contributed by atoms with Crippen LogP contribution >= 0.6 is 0 Å². The molecule has 1 saturated carbocycles. The third-order valence-electron chi connectivity index (χ3n) is 5.02. The summed E-state index contributed by atoms with van der Waals surface area (Å²) in [4.78, 5) is 15.3. The molecule has 1 aliphatic carbocycles. The fourth-order valence-electron chi connectivity index (χ4n) is 3.83. The number of nitrogens with zero attached hydrogens (tertiary/aromatic N) is 1. The van der Waals surface area contributed by atoms with Crippen LogP contribution in [0.4, 0.5) is 0 Å². The predicted molar refractivity (Wildman–Crippen MR) is 87.0 cm³/mol. The Hall–Kier alpha value is -1.55. The summed E-state index contributed by atoms with van der Waals surface area (Å²) in [6.45, 7) is 1.99. The maximum Gasteiger partial charge on any atom is 0.254 e. The van der Waals surface area contributed by atoms with Crippen LogP contribution in [-0.4, -0.2) is 41.1 Å². The van der Waals surface area contributed by atoms with E-state index in [-0.39, 0.29) is 11.7 Å². The standard InChI is InChI=1S/C18H26N2O2/c21-17-8-6-14(7-9-17)18(22)20(15-4-2-1-3-5-15)16-10-12-19-13-11-16/h6-9,15-16,19,21H,1-5,10-13H2. The molecule has 1 amide bonds. The van der Waals surface area contributed by atoms with Crippen molar-refractivity contribution in [3.63, 3.8) is 0 Å². The highest BCUT2D eigenvalue weighted by Gasteiger charge is 2.32. The molecule has 1 aromatic rings. The third kappa shape index (κ3) is 3.43. The van der Waals surface area contributed by atoms with Crippen LogP contribution in [0.1, 0.15) is 55.3 Å². The van der Waals surface area contributed by atoms with E-state index in [9.17, 15) is 9.90 Å². The highest BCUT2D eigenvalue weighted by atomic mass is 16.3. The van der Waals surface area contributed by atoms with Crippen molar-refractivity contribution in [2.45, 2.75) is 57.0 Å². The van der Waals surface area contributed by atoms with Gasteiger partial charge in [0, 0.05) is 17.6 Å². The first-order valence-electron chi connectivity index (χ1n) is 8.58. The Balaban J connectivity index is 1.82. The second-order valence-corrected chi connectivity index (χ2v) is 6.53. The van der Waals surface area contributed by atoms with Crippen molar-refractivity contribution in [2.24, 2.45) is 0 Å². The van der Waals surface area contributed by atoms with Crippen LogP contribution in [-0.2, 0) is 0 Å². The quantitative estimate of drug-likeness (QED) is 0.902. The van der Waals surface area contributed by atoms with Gasteiger partial charge in [-0.25, -0.2) is 0 Å². The first kappa shape index (κ1) is 15.3. The van der Waals surface area contributed by atoms with Crippen LogP contribution in [0.2, 0.25) is 0 Å². The Morgan fingerprint density at radius 2 is 1.55 bits per heavy atom. The zero-order valence-electron chi connectivity index (χ0n) is 13.1. The van der Waals surface area contributed by atoms with Crippen LogP contribution in [0.15, 0.2) is 24.3 Å². The first-order chi connectivity index (χ1) is 10.8. The van der Waals surface area contributed by atoms with Gasteiger partial charge in [-0.2, -0.15) is 0 Å². The van der Waals surface area contributed by atoms with Gasteiger partial charge in [-0.05, 0) is 63.0 Å². The lowest BCUT2D eigenvalue weighted by Crippen LogP contribution is -2.51. The highest BCUT2D eigenvalue weighted by Crippen LogP contribution is 2.28. The molecule has 0 unspecified atom stereocenters. The smallest absolute Gasteiger partial charge is 0.254 e. The molecule has 0 bridgehead atoms. The van der Waals surface area contributed by atoms with Gasteiger partial charge in [0.25, 0.3) is 5.91 Å². The average molecular weight is 302 g/mol. The Labute approximate surface area is 132 Å². The largest absolute Gasteiger partial charge is 0.508 e. The molecule has 4 nitrogen and oxygen atoms in total. The van der Waals surface area contributed by atoms with Gasteiger partial charge >= 0.3 is 0 Å². The highest BCUT2D eigenvalue weighted by molar-refractivity contribution is 5.94. The molecule has 1 aliphatic heterocycles. The SMILES string of the molecule is O=C(c1ccc(O)cc1)N(C1CCCCC1)C1CCNCC1. The van der Waals surface area contributed by atoms with E-state index in [4.69, 9.17) is 0 Å². The van der Waals surface area contributed by atoms with Gasteiger partial charge in [-0.1, -0.05) is 19.3 Å². The van der Waals surface area contributed by atoms with Gasteiger partial charge < -0.3 is 15.3 Å². The topological polar surface area (TPSA) is 52.6 Å². The minimum atomic E-state index is 0.138. The van der Waals surface area contributed by atoms with E-state index in [2.05, 4.69) is 10.2 Å². The van der Waals surface area contributed by atoms with Crippen molar-refractivity contribution in [1.82, 2.24) is 10.2 Å². The lowest BCUT2D eigenvalue weighted by Gasteiger charge is -2.42. The number of nitrogens with one attached hydrogen (secondary N) is 1. The number of carbonyl (C=O) groups is 1. The number of piperidine rings is 1. The molecule has 2 N–H and O–H groups in total. The van der Waals surface area contributed by atoms with Crippen molar-refractivity contribution in [3.8, 4) is 5.75 Å². The number of benzene rings is 1. The van der Waals surface area contributed by atoms with Crippen LogP contribution < -0.4 is 5.32 Å². The van der Waals surface area contributed by atoms with Crippen LogP contribution in [0, 0.1) is 0 Å². The maximum atomic E-state index is 13.1. The van der Waals surface area contributed by atoms with Crippen molar-refractivity contribution in [3.05, 3.63) is 29.8 Å². The molecule has 1 saturated heterocycles. The number of aromatic hydroxyl groups is 1. The molecule has 0 aromatic heterocycles. The lowest BCUT2D eigenvalue weighted by molar-refractivity contribution is 0.0460. The molecule has 2 aliphatic rings. The average Bonchev–Trinajstić information content (AvgIpc) is 2.57. The summed E-state index contributed by atoms with van der Waals surface area (Å²) < 4.78 is 0. The number of amides is 1. The summed E-state index contributed by atoms with van der Waals surface area (Å²) in [5.41, 5.74) is 0.696. The lowest BCUT2D eigenvalue weighted by atomic mass is 9.90. The maximum absolute atomic E-state index is 13.1. The number of hydrogen-bond acceptors (Lipinski definition) is 3. The van der Waals surface area contributed by atoms with Gasteiger partial charge in [-0.15, -0.1) is 0 Å². The van der Waals surface area contributed by atoms with Gasteiger partial charge in [-0.3, -0.25) is 4.79 Å². The minimum Gasteiger partial charge on any atom is -0.508 e. The summed E-state index contributed by atoms with van der Waals surface area (Å²) in [7, 11) is 0. The van der Waals surface area contributed by atoms with Crippen molar-refractivity contribution in [1.29, 1.82) is 0 Å². The number of phenolic OH excluding ortho intramolecular Hbond substituents is 1. The molecular weight excluding hydrogens is 276 g/mol. The van der Waals surface area contributed by atoms with E-state index < -0.39 is 0 Å². The molecule has 3 rings (SSSR count). The summed E-state index contributed by atoms with van der Waals surface area (Å²) >= 11 is 0. The van der Waals surface area contributed by atoms with Crippen LogP contribution in [0.3, 0.4) is 0 Å². The fraction of sp³-hybridized carbons (Fsp3) is 0.611. The molecule has 0 radical (unpaired) electrons. The molecule has 1 heterocycles. The van der Waals surface area contributed by atoms with Crippen molar-refractivity contribution in [2.75, 3.05) is 13.1 Å². The molecule has 2 fully saturated rings. The van der Waals surface area contributed by atoms with Crippen LogP contribution in [0.5, 0.6) is 5.75 Å². The Bertz CT molecular complexity index is 470. The van der Waals surface area contributed by atoms with E-state index in [1.807, 2.05) is 0 Å². The monoisotopic (exact) mass is 302 g/mol. The second-order valence-electron chi connectivity index (χ2n) is 6.53. The summed E-state index contributed by atoms with van der Waals surface area (Å²) in [5, 5.41) is 12.8. The van der Waals surface area contributed by atoms with E-state index in [0.717, 1.165) is 38.8 Å². The van der Waals surface area contributed by atoms with Gasteiger partial charge in [0.15, 0.2) is 0 Å². The van der Waals surface area contributed by atoms with Gasteiger partial charge in [0.1, 0.15) is 5.75 Å². The van der Waals surface area contributed by atoms with E-state index >= 15 is 0 Å². The number of rotatable bonds is 3. The minimum absolute atomic E-state index is 0.138. The third-order valence-corrected chi connectivity index (χ3v) is 5.02. The fourth-order valence-corrected chi connectivity index (χ4v) is 3.83. The van der Waals surface area contributed by atoms with E-state index in [1.165, 1.54) is 19.3 Å². The van der Waals surface area contributed by atoms with Crippen LogP contribution in [0.25, 0.3) is 0 Å². The predicted octanol–water partition coefficient (Wildman–Crippen LogP) is 2.92. The molecule has 4 heteroatoms. The molecule has 22 heavy (non-hydrogen) atoms. The first-order valence-corrected chi connectivity index (χ1v) is 8.58. The van der Waals surface area contributed by atoms with Crippen molar-refractivity contribution >= 4 is 5.91 Å². The number of carbonyl (C=O) groups excluding carboxylic acids is 1. The Kier molecular flexibility index (Phi) is 4.98. The molecule has 1 aromatic carbocycles. The normalized spacial score (nSPS) is 20.7. The molecule has 0 atom stereocenters. The molecule has 0 spiro atoms. The second kappa shape index (κ2) is 7.14. The summed E-state index contributed by atoms with van der Waals surface area (Å²) in [5.74, 6) is 0.349. The summed E-state index contributed by atoms with van der Waals surface area (Å²) in [6, 6.07) is 7.44. The van der Waals surface area contributed by atoms with E-state index in [1.54, 1.807) is 24.3 Å². The van der Waals surface area contributed by atoms with Gasteiger partial charge in [0.2, 0.25) is 0 Å². The number of phenols is 1. The number of hydrogen-bond donors (Lipinski definition) is 2. The summed E-state index contributed by atoms with van der Waals surface area (Å²) in [6.07, 6.45) is 8.11. The zero-order valence-corrected chi connectivity index (χ0v) is 13.1. The zero-order chi connectivity index (χ0) is 15.4.